The Hall–Kier alpha value is -3.93. The number of benzene rings is 3. The van der Waals surface area contributed by atoms with E-state index < -0.39 is 4.92 Å². The number of anilines is 2. The Morgan fingerprint density at radius 1 is 0.938 bits per heavy atom. The molecule has 2 aliphatic rings. The number of aryl methyl sites for hydroxylation is 1. The molecule has 32 heavy (non-hydrogen) atoms. The summed E-state index contributed by atoms with van der Waals surface area (Å²) in [4.78, 5) is 24.4. The van der Waals surface area contributed by atoms with Gasteiger partial charge in [-0.05, 0) is 30.2 Å². The van der Waals surface area contributed by atoms with E-state index in [2.05, 4.69) is 41.0 Å². The van der Waals surface area contributed by atoms with Gasteiger partial charge in [0.15, 0.2) is 0 Å². The van der Waals surface area contributed by atoms with Crippen molar-refractivity contribution in [2.45, 2.75) is 25.3 Å². The average molecular weight is 425 g/mol. The zero-order valence-electron chi connectivity index (χ0n) is 17.6. The Labute approximate surface area is 186 Å². The Morgan fingerprint density at radius 2 is 1.69 bits per heavy atom. The van der Waals surface area contributed by atoms with Gasteiger partial charge >= 0.3 is 0 Å². The maximum Gasteiger partial charge on any atom is 0.269 e. The third-order valence-corrected chi connectivity index (χ3v) is 6.28. The number of Topliss-reactive ketones (excluding diaryl/α,β-unsaturated/α-hetero) is 1. The highest BCUT2D eigenvalue weighted by molar-refractivity contribution is 5.90. The molecule has 1 heterocycles. The van der Waals surface area contributed by atoms with E-state index in [1.54, 1.807) is 12.1 Å². The van der Waals surface area contributed by atoms with Crippen LogP contribution in [-0.4, -0.2) is 10.7 Å². The molecule has 1 aliphatic heterocycles. The minimum atomic E-state index is -0.401. The number of ketones is 1. The lowest BCUT2D eigenvalue weighted by atomic mass is 9.76. The van der Waals surface area contributed by atoms with Gasteiger partial charge in [0.05, 0.1) is 28.3 Å². The second-order valence-corrected chi connectivity index (χ2v) is 8.43. The highest BCUT2D eigenvalue weighted by Gasteiger charge is 2.39. The van der Waals surface area contributed by atoms with Crippen molar-refractivity contribution in [3.05, 3.63) is 111 Å². The van der Waals surface area contributed by atoms with Crippen molar-refractivity contribution in [3.63, 3.8) is 0 Å². The molecule has 3 aromatic carbocycles. The van der Waals surface area contributed by atoms with Gasteiger partial charge in [0, 0.05) is 30.2 Å². The van der Waals surface area contributed by atoms with Gasteiger partial charge in [0.1, 0.15) is 5.78 Å². The summed E-state index contributed by atoms with van der Waals surface area (Å²) in [5.74, 6) is -0.484. The molecular formula is C26H23N3O3. The fraction of sp³-hybridized carbons (Fsp3) is 0.192. The normalized spacial score (nSPS) is 21.8. The van der Waals surface area contributed by atoms with Gasteiger partial charge in [-0.1, -0.05) is 60.2 Å². The van der Waals surface area contributed by atoms with Gasteiger partial charge in [-0.15, -0.1) is 0 Å². The summed E-state index contributed by atoms with van der Waals surface area (Å²) >= 11 is 0. The molecule has 1 aliphatic carbocycles. The van der Waals surface area contributed by atoms with Crippen LogP contribution in [-0.2, 0) is 4.79 Å². The van der Waals surface area contributed by atoms with Crippen LogP contribution >= 0.6 is 0 Å². The van der Waals surface area contributed by atoms with Crippen molar-refractivity contribution in [1.82, 2.24) is 0 Å². The Morgan fingerprint density at radius 3 is 2.44 bits per heavy atom. The lowest BCUT2D eigenvalue weighted by Crippen LogP contribution is -2.33. The fourth-order valence-electron chi connectivity index (χ4n) is 4.64. The highest BCUT2D eigenvalue weighted by atomic mass is 16.6. The van der Waals surface area contributed by atoms with Crippen LogP contribution in [0.3, 0.4) is 0 Å². The maximum absolute atomic E-state index is 13.5. The lowest BCUT2D eigenvalue weighted by Gasteiger charge is -2.32. The minimum absolute atomic E-state index is 0.0360. The smallest absolute Gasteiger partial charge is 0.269 e. The second-order valence-electron chi connectivity index (χ2n) is 8.43. The first-order valence-corrected chi connectivity index (χ1v) is 10.7. The molecule has 3 unspecified atom stereocenters. The summed E-state index contributed by atoms with van der Waals surface area (Å²) in [6, 6.07) is 22.5. The van der Waals surface area contributed by atoms with Gasteiger partial charge in [-0.25, -0.2) is 0 Å². The van der Waals surface area contributed by atoms with Crippen LogP contribution in [0.4, 0.5) is 17.1 Å². The van der Waals surface area contributed by atoms with E-state index in [0.29, 0.717) is 6.42 Å². The molecule has 0 aromatic heterocycles. The van der Waals surface area contributed by atoms with Crippen LogP contribution in [0.2, 0.25) is 0 Å². The van der Waals surface area contributed by atoms with Crippen molar-refractivity contribution in [3.8, 4) is 0 Å². The van der Waals surface area contributed by atoms with Crippen LogP contribution in [0, 0.1) is 23.0 Å². The molecule has 0 amide bonds. The summed E-state index contributed by atoms with van der Waals surface area (Å²) in [7, 11) is 0. The van der Waals surface area contributed by atoms with Crippen LogP contribution in [0.15, 0.2) is 84.6 Å². The summed E-state index contributed by atoms with van der Waals surface area (Å²) in [6.45, 7) is 2.04. The first kappa shape index (κ1) is 20.0. The predicted octanol–water partition coefficient (Wildman–Crippen LogP) is 5.74. The van der Waals surface area contributed by atoms with E-state index in [4.69, 9.17) is 0 Å². The molecule has 160 valence electrons. The van der Waals surface area contributed by atoms with Crippen LogP contribution in [0.5, 0.6) is 0 Å². The number of rotatable bonds is 3. The van der Waals surface area contributed by atoms with E-state index in [0.717, 1.165) is 33.8 Å². The number of nitro groups is 1. The predicted molar refractivity (Wildman–Crippen MR) is 125 cm³/mol. The van der Waals surface area contributed by atoms with Gasteiger partial charge in [-0.2, -0.15) is 0 Å². The Kier molecular flexibility index (Phi) is 4.98. The summed E-state index contributed by atoms with van der Waals surface area (Å²) in [5.41, 5.74) is 5.70. The van der Waals surface area contributed by atoms with Crippen molar-refractivity contribution in [2.75, 3.05) is 10.6 Å². The summed E-state index contributed by atoms with van der Waals surface area (Å²) < 4.78 is 0. The molecule has 6 heteroatoms. The number of hydrogen-bond donors (Lipinski definition) is 2. The summed E-state index contributed by atoms with van der Waals surface area (Å²) in [5, 5.41) is 18.3. The standard InChI is InChI=1S/C26H23N3O3/c1-16-9-11-17(12-10-16)26-25-23(27-21-7-2-3-8-22(21)28-26)14-19(15-24(25)30)18-5-4-6-20(13-18)29(31)32/h2-14,19,25-28H,15H2,1H3. The van der Waals surface area contributed by atoms with E-state index in [9.17, 15) is 14.9 Å². The molecule has 0 spiro atoms. The number of hydrogen-bond acceptors (Lipinski definition) is 5. The largest absolute Gasteiger partial charge is 0.375 e. The molecule has 2 N–H and O–H groups in total. The molecule has 0 bridgehead atoms. The molecule has 3 atom stereocenters. The minimum Gasteiger partial charge on any atom is -0.375 e. The number of nitro benzene ring substituents is 1. The SMILES string of the molecule is Cc1ccc(C2Nc3ccccc3NC3=CC(c4cccc([N+](=O)[O-])c4)CC(=O)C32)cc1. The zero-order chi connectivity index (χ0) is 22.2. The number of para-hydroxylation sites is 2. The van der Waals surface area contributed by atoms with Crippen LogP contribution < -0.4 is 10.6 Å². The molecule has 0 radical (unpaired) electrons. The number of allylic oxidation sites excluding steroid dienone is 1. The number of carbonyl (C=O) groups excluding carboxylic acids is 1. The van der Waals surface area contributed by atoms with Crippen LogP contribution in [0.25, 0.3) is 0 Å². The number of nitrogens with one attached hydrogen (secondary N) is 2. The first-order chi connectivity index (χ1) is 15.5. The number of non-ortho nitro benzene ring substituents is 1. The molecular weight excluding hydrogens is 402 g/mol. The molecule has 0 saturated heterocycles. The van der Waals surface area contributed by atoms with Gasteiger partial charge in [-0.3, -0.25) is 14.9 Å². The lowest BCUT2D eigenvalue weighted by molar-refractivity contribution is -0.384. The Bertz CT molecular complexity index is 1230. The molecule has 0 fully saturated rings. The van der Waals surface area contributed by atoms with E-state index in [1.807, 2.05) is 37.3 Å². The van der Waals surface area contributed by atoms with Gasteiger partial charge < -0.3 is 10.6 Å². The van der Waals surface area contributed by atoms with E-state index >= 15 is 0 Å². The van der Waals surface area contributed by atoms with Crippen LogP contribution in [0.1, 0.15) is 35.1 Å². The second kappa shape index (κ2) is 7.96. The first-order valence-electron chi connectivity index (χ1n) is 10.7. The van der Waals surface area contributed by atoms with Crippen molar-refractivity contribution in [1.29, 1.82) is 0 Å². The molecule has 6 nitrogen and oxygen atoms in total. The fourth-order valence-corrected chi connectivity index (χ4v) is 4.64. The van der Waals surface area contributed by atoms with Crippen molar-refractivity contribution in [2.24, 2.45) is 5.92 Å². The topological polar surface area (TPSA) is 84.3 Å². The number of fused-ring (bicyclic) bond motifs is 2. The van der Waals surface area contributed by atoms with E-state index in [-0.39, 0.29) is 29.3 Å². The zero-order valence-corrected chi connectivity index (χ0v) is 17.6. The van der Waals surface area contributed by atoms with Gasteiger partial charge in [0.25, 0.3) is 5.69 Å². The number of nitrogens with zero attached hydrogens (tertiary/aromatic N) is 1. The third kappa shape index (κ3) is 3.64. The average Bonchev–Trinajstić information content (AvgIpc) is 2.96. The summed E-state index contributed by atoms with van der Waals surface area (Å²) in [6.07, 6.45) is 2.37. The Balaban J connectivity index is 1.60. The molecule has 3 aromatic rings. The van der Waals surface area contributed by atoms with E-state index in [1.165, 1.54) is 6.07 Å². The third-order valence-electron chi connectivity index (χ3n) is 6.28. The molecule has 0 saturated carbocycles. The highest BCUT2D eigenvalue weighted by Crippen LogP contribution is 2.44. The van der Waals surface area contributed by atoms with Crippen molar-refractivity contribution < 1.29 is 9.72 Å². The monoisotopic (exact) mass is 425 g/mol. The van der Waals surface area contributed by atoms with Crippen molar-refractivity contribution >= 4 is 22.8 Å². The quantitative estimate of drug-likeness (QED) is 0.413. The molecule has 5 rings (SSSR count). The maximum atomic E-state index is 13.5. The number of carbonyl (C=O) groups is 1. The van der Waals surface area contributed by atoms with Gasteiger partial charge in [0.2, 0.25) is 0 Å².